The zero-order chi connectivity index (χ0) is 13.5. The van der Waals surface area contributed by atoms with Crippen molar-refractivity contribution in [3.05, 3.63) is 71.3 Å². The molecule has 3 heteroatoms. The van der Waals surface area contributed by atoms with Crippen LogP contribution in [0.3, 0.4) is 0 Å². The molecule has 0 amide bonds. The number of thiophene rings is 1. The van der Waals surface area contributed by atoms with Gasteiger partial charge in [0.1, 0.15) is 5.58 Å². The Bertz CT molecular complexity index is 788. The smallest absolute Gasteiger partial charge is 0.238 e. The van der Waals surface area contributed by atoms with Crippen molar-refractivity contribution in [1.29, 1.82) is 0 Å². The van der Waals surface area contributed by atoms with Gasteiger partial charge < -0.3 is 4.42 Å². The van der Waals surface area contributed by atoms with Crippen molar-refractivity contribution in [3.8, 4) is 0 Å². The first-order valence-corrected chi connectivity index (χ1v) is 7.15. The highest BCUT2D eigenvalue weighted by Gasteiger charge is 2.16. The molecule has 0 aliphatic rings. The summed E-state index contributed by atoms with van der Waals surface area (Å²) in [5.74, 6) is 0.347. The summed E-state index contributed by atoms with van der Waals surface area (Å²) in [6.07, 6.45) is 0. The van der Waals surface area contributed by atoms with Crippen LogP contribution in [0.2, 0.25) is 0 Å². The van der Waals surface area contributed by atoms with Gasteiger partial charge in [-0.3, -0.25) is 4.79 Å². The largest absolute Gasteiger partial charge is 0.453 e. The van der Waals surface area contributed by atoms with Gasteiger partial charge in [0, 0.05) is 10.1 Å². The van der Waals surface area contributed by atoms with Gasteiger partial charge in [-0.1, -0.05) is 36.4 Å². The average Bonchev–Trinajstić information content (AvgIpc) is 3.10. The first-order valence-electron chi connectivity index (χ1n) is 6.33. The molecule has 0 fully saturated rings. The number of carbonyl (C=O) groups is 1. The molecule has 2 aromatic heterocycles. The van der Waals surface area contributed by atoms with Crippen molar-refractivity contribution < 1.29 is 9.21 Å². The van der Waals surface area contributed by atoms with Crippen molar-refractivity contribution in [3.63, 3.8) is 0 Å². The van der Waals surface area contributed by atoms with Crippen LogP contribution in [0.4, 0.5) is 0 Å². The Kier molecular flexibility index (Phi) is 2.47. The molecule has 0 bridgehead atoms. The van der Waals surface area contributed by atoms with Gasteiger partial charge in [-0.15, -0.1) is 11.3 Å². The summed E-state index contributed by atoms with van der Waals surface area (Å²) in [5.41, 5.74) is 0.747. The lowest BCUT2D eigenvalue weighted by atomic mass is 10.2. The lowest BCUT2D eigenvalue weighted by Gasteiger charge is -1.90. The van der Waals surface area contributed by atoms with E-state index < -0.39 is 0 Å². The maximum Gasteiger partial charge on any atom is 0.238 e. The van der Waals surface area contributed by atoms with E-state index in [0.29, 0.717) is 10.6 Å². The van der Waals surface area contributed by atoms with E-state index in [2.05, 4.69) is 0 Å². The van der Waals surface area contributed by atoms with E-state index in [1.165, 1.54) is 11.3 Å². The fraction of sp³-hybridized carbons (Fsp3) is 0. The lowest BCUT2D eigenvalue weighted by molar-refractivity contribution is 0.101. The van der Waals surface area contributed by atoms with Gasteiger partial charge in [0.2, 0.25) is 5.78 Å². The van der Waals surface area contributed by atoms with Crippen LogP contribution in [-0.4, -0.2) is 5.78 Å². The van der Waals surface area contributed by atoms with Crippen LogP contribution >= 0.6 is 11.3 Å². The summed E-state index contributed by atoms with van der Waals surface area (Å²) >= 11 is 1.50. The molecule has 4 aromatic rings. The minimum absolute atomic E-state index is 0.0533. The molecule has 0 saturated heterocycles. The van der Waals surface area contributed by atoms with Crippen LogP contribution in [0.5, 0.6) is 0 Å². The van der Waals surface area contributed by atoms with Gasteiger partial charge >= 0.3 is 0 Å². The Labute approximate surface area is 119 Å². The number of fused-ring (bicyclic) bond motifs is 2. The molecule has 0 N–H and O–H groups in total. The highest BCUT2D eigenvalue weighted by Crippen LogP contribution is 2.28. The third-order valence-electron chi connectivity index (χ3n) is 3.30. The van der Waals surface area contributed by atoms with Gasteiger partial charge in [-0.2, -0.15) is 0 Å². The van der Waals surface area contributed by atoms with Gasteiger partial charge in [-0.25, -0.2) is 0 Å². The molecule has 20 heavy (non-hydrogen) atoms. The molecule has 0 aliphatic heterocycles. The normalized spacial score (nSPS) is 11.2. The second-order valence-electron chi connectivity index (χ2n) is 4.63. The van der Waals surface area contributed by atoms with Gasteiger partial charge in [0.25, 0.3) is 0 Å². The highest BCUT2D eigenvalue weighted by molar-refractivity contribution is 7.21. The van der Waals surface area contributed by atoms with Crippen LogP contribution in [-0.2, 0) is 0 Å². The number of hydrogen-bond donors (Lipinski definition) is 0. The van der Waals surface area contributed by atoms with Crippen LogP contribution < -0.4 is 0 Å². The second-order valence-corrected chi connectivity index (χ2v) is 5.71. The van der Waals surface area contributed by atoms with E-state index in [1.807, 2.05) is 60.7 Å². The van der Waals surface area contributed by atoms with Crippen molar-refractivity contribution in [2.75, 3.05) is 0 Å². The van der Waals surface area contributed by atoms with Crippen molar-refractivity contribution in [2.45, 2.75) is 0 Å². The predicted molar refractivity (Wildman–Crippen MR) is 81.5 cm³/mol. The van der Waals surface area contributed by atoms with E-state index >= 15 is 0 Å². The average molecular weight is 278 g/mol. The SMILES string of the molecule is O=C(c1cc2ccccc2o1)c1cc2ccccc2s1. The molecule has 0 aliphatic carbocycles. The summed E-state index contributed by atoms with van der Waals surface area (Å²) < 4.78 is 6.75. The van der Waals surface area contributed by atoms with Crippen LogP contribution in [0.15, 0.2) is 65.1 Å². The molecule has 96 valence electrons. The Morgan fingerprint density at radius 3 is 2.45 bits per heavy atom. The van der Waals surface area contributed by atoms with E-state index in [1.54, 1.807) is 0 Å². The van der Waals surface area contributed by atoms with Crippen LogP contribution in [0.1, 0.15) is 15.4 Å². The molecule has 0 spiro atoms. The molecule has 2 nitrogen and oxygen atoms in total. The maximum absolute atomic E-state index is 12.5. The van der Waals surface area contributed by atoms with E-state index in [4.69, 9.17) is 4.42 Å². The zero-order valence-electron chi connectivity index (χ0n) is 10.5. The van der Waals surface area contributed by atoms with Crippen LogP contribution in [0, 0.1) is 0 Å². The van der Waals surface area contributed by atoms with Gasteiger partial charge in [-0.05, 0) is 29.7 Å². The Hall–Kier alpha value is -2.39. The van der Waals surface area contributed by atoms with Crippen molar-refractivity contribution >= 4 is 38.2 Å². The number of rotatable bonds is 2. The molecule has 2 heterocycles. The summed E-state index contributed by atoms with van der Waals surface area (Å²) in [7, 11) is 0. The number of carbonyl (C=O) groups excluding carboxylic acids is 1. The summed E-state index contributed by atoms with van der Waals surface area (Å²) in [5, 5.41) is 2.05. The molecular formula is C17H10O2S. The van der Waals surface area contributed by atoms with E-state index in [0.717, 1.165) is 21.1 Å². The molecule has 0 unspecified atom stereocenters. The monoisotopic (exact) mass is 278 g/mol. The fourth-order valence-corrected chi connectivity index (χ4v) is 3.32. The predicted octanol–water partition coefficient (Wildman–Crippen LogP) is 4.88. The lowest BCUT2D eigenvalue weighted by Crippen LogP contribution is -1.95. The third kappa shape index (κ3) is 1.75. The van der Waals surface area contributed by atoms with Gasteiger partial charge in [0.05, 0.1) is 4.88 Å². The topological polar surface area (TPSA) is 30.2 Å². The van der Waals surface area contributed by atoms with E-state index in [-0.39, 0.29) is 5.78 Å². The number of ketones is 1. The molecule has 4 rings (SSSR count). The quantitative estimate of drug-likeness (QED) is 0.489. The van der Waals surface area contributed by atoms with Gasteiger partial charge in [0.15, 0.2) is 5.76 Å². The number of hydrogen-bond acceptors (Lipinski definition) is 3. The minimum atomic E-state index is -0.0533. The Morgan fingerprint density at radius 1 is 0.900 bits per heavy atom. The summed E-state index contributed by atoms with van der Waals surface area (Å²) in [4.78, 5) is 13.2. The Morgan fingerprint density at radius 2 is 1.65 bits per heavy atom. The van der Waals surface area contributed by atoms with Crippen LogP contribution in [0.25, 0.3) is 21.1 Å². The fourth-order valence-electron chi connectivity index (χ4n) is 2.31. The number of para-hydroxylation sites is 1. The molecule has 2 aromatic carbocycles. The first-order chi connectivity index (χ1) is 9.81. The molecule has 0 saturated carbocycles. The van der Waals surface area contributed by atoms with Crippen molar-refractivity contribution in [2.24, 2.45) is 0 Å². The summed E-state index contributed by atoms with van der Waals surface area (Å²) in [6, 6.07) is 19.4. The number of benzene rings is 2. The maximum atomic E-state index is 12.5. The minimum Gasteiger partial charge on any atom is -0.453 e. The zero-order valence-corrected chi connectivity index (χ0v) is 11.3. The first kappa shape index (κ1) is 11.4. The van der Waals surface area contributed by atoms with E-state index in [9.17, 15) is 4.79 Å². The van der Waals surface area contributed by atoms with Crippen molar-refractivity contribution in [1.82, 2.24) is 0 Å². The summed E-state index contributed by atoms with van der Waals surface area (Å²) in [6.45, 7) is 0. The molecule has 0 atom stereocenters. The standard InChI is InChI=1S/C17H10O2S/c18-17(14-9-11-5-1-3-7-13(11)19-14)16-10-12-6-2-4-8-15(12)20-16/h1-10H. The Balaban J connectivity index is 1.82. The third-order valence-corrected chi connectivity index (χ3v) is 4.41. The number of furan rings is 1. The molecular weight excluding hydrogens is 268 g/mol. The second kappa shape index (κ2) is 4.32. The molecule has 0 radical (unpaired) electrons. The highest BCUT2D eigenvalue weighted by atomic mass is 32.1.